The lowest BCUT2D eigenvalue weighted by Crippen LogP contribution is -1.75. The van der Waals surface area contributed by atoms with E-state index in [0.29, 0.717) is 0 Å². The van der Waals surface area contributed by atoms with E-state index in [-0.39, 0.29) is 4.83 Å². The third-order valence-corrected chi connectivity index (χ3v) is 0.428. The topological polar surface area (TPSA) is 0 Å². The van der Waals surface area contributed by atoms with Crippen molar-refractivity contribution in [2.75, 3.05) is 0 Å². The Morgan fingerprint density at radius 3 is 2.20 bits per heavy atom. The van der Waals surface area contributed by atoms with Gasteiger partial charge in [-0.25, -0.2) is 0 Å². The van der Waals surface area contributed by atoms with Crippen LogP contribution in [0.15, 0.2) is 0 Å². The Morgan fingerprint density at radius 1 is 2.00 bits per heavy atom. The number of halogens is 1. The molecule has 0 saturated heterocycles. The molecular weight excluding hydrogens is 128 g/mol. The van der Waals surface area contributed by atoms with Gasteiger partial charge in [-0.05, 0) is 13.3 Å². The summed E-state index contributed by atoms with van der Waals surface area (Å²) in [5.41, 5.74) is 0. The summed E-state index contributed by atoms with van der Waals surface area (Å²) in [5.74, 6) is 2.19. The van der Waals surface area contributed by atoms with Crippen molar-refractivity contribution < 1.29 is 0 Å². The average molecular weight is 132 g/mol. The minimum atomic E-state index is 0.113. The van der Waals surface area contributed by atoms with Gasteiger partial charge in [-0.2, -0.15) is 0 Å². The zero-order chi connectivity index (χ0) is 4.28. The summed E-state index contributed by atoms with van der Waals surface area (Å²) in [4.78, 5) is 0.113. The maximum Gasteiger partial charge on any atom is 0.0736 e. The van der Waals surface area contributed by atoms with E-state index >= 15 is 0 Å². The van der Waals surface area contributed by atoms with Gasteiger partial charge in [0.2, 0.25) is 0 Å². The Morgan fingerprint density at radius 2 is 2.20 bits per heavy atom. The monoisotopic (exact) mass is 131 g/mol. The first-order valence-electron chi connectivity index (χ1n) is 1.33. The highest BCUT2D eigenvalue weighted by molar-refractivity contribution is 9.09. The van der Waals surface area contributed by atoms with E-state index in [9.17, 15) is 0 Å². The van der Waals surface area contributed by atoms with Crippen molar-refractivity contribution in [2.24, 2.45) is 0 Å². The number of hydrogen-bond acceptors (Lipinski definition) is 0. The first kappa shape index (κ1) is 5.04. The van der Waals surface area contributed by atoms with E-state index in [4.69, 9.17) is 6.42 Å². The molecule has 0 aliphatic carbocycles. The normalized spacial score (nSPS) is 13.0. The lowest BCUT2D eigenvalue weighted by atomic mass is 10.5. The smallest absolute Gasteiger partial charge is 0.0736 e. The van der Waals surface area contributed by atoms with Gasteiger partial charge in [-0.3, -0.25) is 0 Å². The highest BCUT2D eigenvalue weighted by atomic mass is 79.9. The molecule has 0 aromatic carbocycles. The molecule has 0 heterocycles. The summed E-state index contributed by atoms with van der Waals surface area (Å²) < 4.78 is 0. The fraction of sp³-hybridized carbons (Fsp3) is 0.500. The molecule has 5 heavy (non-hydrogen) atoms. The summed E-state index contributed by atoms with van der Waals surface area (Å²) in [6.07, 6.45) is 6.36. The lowest BCUT2D eigenvalue weighted by molar-refractivity contribution is 1.33. The molecule has 0 aliphatic rings. The SMILES string of the molecule is [C]#CC(C)Br. The fourth-order valence-electron chi connectivity index (χ4n) is 0. The lowest BCUT2D eigenvalue weighted by Gasteiger charge is -1.76. The molecule has 1 radical (unpaired) electrons. The van der Waals surface area contributed by atoms with E-state index in [2.05, 4.69) is 21.9 Å². The van der Waals surface area contributed by atoms with Crippen molar-refractivity contribution in [3.05, 3.63) is 6.42 Å². The van der Waals surface area contributed by atoms with E-state index in [1.807, 2.05) is 6.92 Å². The standard InChI is InChI=1S/C4H4Br/c1-3-4(2)5/h4H,2H3. The molecule has 0 aromatic rings. The van der Waals surface area contributed by atoms with Gasteiger partial charge in [0.15, 0.2) is 0 Å². The predicted octanol–water partition coefficient (Wildman–Crippen LogP) is 1.36. The van der Waals surface area contributed by atoms with Crippen LogP contribution >= 0.6 is 15.9 Å². The Bertz CT molecular complexity index is 49.2. The van der Waals surface area contributed by atoms with Crippen molar-refractivity contribution in [3.63, 3.8) is 0 Å². The Hall–Kier alpha value is 0.0400. The molecule has 0 N–H and O–H groups in total. The second kappa shape index (κ2) is 2.29. The zero-order valence-corrected chi connectivity index (χ0v) is 4.54. The van der Waals surface area contributed by atoms with Crippen LogP contribution in [0.1, 0.15) is 6.92 Å². The summed E-state index contributed by atoms with van der Waals surface area (Å²) in [6.45, 7) is 1.84. The second-order valence-corrected chi connectivity index (χ2v) is 2.13. The average Bonchev–Trinajstić information content (AvgIpc) is 1.38. The van der Waals surface area contributed by atoms with Crippen molar-refractivity contribution in [1.82, 2.24) is 0 Å². The van der Waals surface area contributed by atoms with E-state index in [1.54, 1.807) is 0 Å². The fourth-order valence-corrected chi connectivity index (χ4v) is 0. The van der Waals surface area contributed by atoms with Gasteiger partial charge in [0, 0.05) is 0 Å². The molecular formula is C4H4Br. The molecule has 0 fully saturated rings. The van der Waals surface area contributed by atoms with Crippen LogP contribution in [0.3, 0.4) is 0 Å². The molecule has 0 saturated carbocycles. The van der Waals surface area contributed by atoms with Crippen LogP contribution < -0.4 is 0 Å². The maximum absolute atomic E-state index is 6.36. The summed E-state index contributed by atoms with van der Waals surface area (Å²) in [6, 6.07) is 0. The van der Waals surface area contributed by atoms with E-state index < -0.39 is 0 Å². The largest absolute Gasteiger partial charge is 0.0751 e. The van der Waals surface area contributed by atoms with Gasteiger partial charge >= 0.3 is 0 Å². The zero-order valence-electron chi connectivity index (χ0n) is 2.96. The van der Waals surface area contributed by atoms with Crippen molar-refractivity contribution in [3.8, 4) is 5.92 Å². The number of hydrogen-bond donors (Lipinski definition) is 0. The Kier molecular flexibility index (Phi) is 2.31. The molecule has 0 aromatic heterocycles. The summed E-state index contributed by atoms with van der Waals surface area (Å²) in [7, 11) is 0. The van der Waals surface area contributed by atoms with E-state index in [0.717, 1.165) is 0 Å². The first-order chi connectivity index (χ1) is 2.27. The van der Waals surface area contributed by atoms with E-state index in [1.165, 1.54) is 0 Å². The Balaban J connectivity index is 2.94. The molecule has 0 nitrogen and oxygen atoms in total. The highest BCUT2D eigenvalue weighted by Crippen LogP contribution is 1.90. The molecule has 1 heteroatoms. The van der Waals surface area contributed by atoms with Crippen LogP contribution in [0.25, 0.3) is 0 Å². The molecule has 27 valence electrons. The van der Waals surface area contributed by atoms with Gasteiger partial charge in [0.05, 0.1) is 4.83 Å². The Labute approximate surface area is 40.7 Å². The second-order valence-electron chi connectivity index (χ2n) is 0.760. The van der Waals surface area contributed by atoms with Crippen molar-refractivity contribution in [2.45, 2.75) is 11.8 Å². The first-order valence-corrected chi connectivity index (χ1v) is 2.25. The van der Waals surface area contributed by atoms with Crippen LogP contribution in [0.4, 0.5) is 0 Å². The van der Waals surface area contributed by atoms with Crippen LogP contribution in [0.2, 0.25) is 0 Å². The molecule has 0 bridgehead atoms. The molecule has 0 aliphatic heterocycles. The molecule has 1 unspecified atom stereocenters. The van der Waals surface area contributed by atoms with Gasteiger partial charge < -0.3 is 0 Å². The quantitative estimate of drug-likeness (QED) is 0.344. The van der Waals surface area contributed by atoms with Crippen LogP contribution in [0, 0.1) is 12.3 Å². The summed E-state index contributed by atoms with van der Waals surface area (Å²) in [5, 5.41) is 0. The third kappa shape index (κ3) is 4.04. The van der Waals surface area contributed by atoms with Crippen LogP contribution in [-0.4, -0.2) is 4.83 Å². The van der Waals surface area contributed by atoms with Gasteiger partial charge in [-0.1, -0.05) is 21.9 Å². The minimum Gasteiger partial charge on any atom is -0.0751 e. The number of rotatable bonds is 0. The van der Waals surface area contributed by atoms with Gasteiger partial charge in [0.25, 0.3) is 0 Å². The van der Waals surface area contributed by atoms with Crippen molar-refractivity contribution in [1.29, 1.82) is 0 Å². The van der Waals surface area contributed by atoms with Crippen LogP contribution in [-0.2, 0) is 0 Å². The number of alkyl halides is 1. The molecule has 0 spiro atoms. The molecule has 0 rings (SSSR count). The van der Waals surface area contributed by atoms with Gasteiger partial charge in [-0.15, -0.1) is 0 Å². The maximum atomic E-state index is 6.36. The van der Waals surface area contributed by atoms with Crippen LogP contribution in [0.5, 0.6) is 0 Å². The summed E-state index contributed by atoms with van der Waals surface area (Å²) >= 11 is 3.07. The minimum absolute atomic E-state index is 0.113. The molecule has 0 amide bonds. The molecule has 1 atom stereocenters. The van der Waals surface area contributed by atoms with Gasteiger partial charge in [0.1, 0.15) is 0 Å². The van der Waals surface area contributed by atoms with Crippen molar-refractivity contribution >= 4 is 15.9 Å². The predicted molar refractivity (Wildman–Crippen MR) is 25.5 cm³/mol. The third-order valence-electron chi connectivity index (χ3n) is 0.199. The highest BCUT2D eigenvalue weighted by Gasteiger charge is 1.77.